The molecule has 1 aromatic rings. The smallest absolute Gasteiger partial charge is 0.258 e. The summed E-state index contributed by atoms with van der Waals surface area (Å²) >= 11 is 0. The largest absolute Gasteiger partial charge is 0.358 e. The summed E-state index contributed by atoms with van der Waals surface area (Å²) in [5.41, 5.74) is 0. The number of imidazole rings is 1. The molecule has 7 nitrogen and oxygen atoms in total. The van der Waals surface area contributed by atoms with E-state index in [4.69, 9.17) is 0 Å². The molecule has 0 saturated carbocycles. The zero-order valence-electron chi connectivity index (χ0n) is 9.23. The van der Waals surface area contributed by atoms with Gasteiger partial charge in [-0.05, 0) is 13.8 Å². The van der Waals surface area contributed by atoms with Crippen LogP contribution in [0.3, 0.4) is 0 Å². The Labute approximate surface area is 93.7 Å². The molecule has 16 heavy (non-hydrogen) atoms. The third kappa shape index (κ3) is 2.80. The van der Waals surface area contributed by atoms with Crippen molar-refractivity contribution in [3.8, 4) is 0 Å². The number of nitrogens with zero attached hydrogens (tertiary/aromatic N) is 1. The maximum atomic E-state index is 11.7. The number of H-pyrrole nitrogens is 1. The zero-order valence-corrected chi connectivity index (χ0v) is 10.1. The van der Waals surface area contributed by atoms with Gasteiger partial charge in [0.15, 0.2) is 5.03 Å². The Morgan fingerprint density at radius 3 is 2.62 bits per heavy atom. The summed E-state index contributed by atoms with van der Waals surface area (Å²) in [6.45, 7) is 3.10. The van der Waals surface area contributed by atoms with Crippen LogP contribution >= 0.6 is 0 Å². The number of aromatic nitrogens is 2. The zero-order chi connectivity index (χ0) is 12.3. The first-order valence-electron chi connectivity index (χ1n) is 4.62. The van der Waals surface area contributed by atoms with Crippen LogP contribution < -0.4 is 10.0 Å². The number of hydrogen-bond donors (Lipinski definition) is 3. The second kappa shape index (κ2) is 4.62. The third-order valence-corrected chi connectivity index (χ3v) is 3.39. The molecule has 0 radical (unpaired) electrons. The Balaban J connectivity index is 2.84. The summed E-state index contributed by atoms with van der Waals surface area (Å²) in [5.74, 6) is 0.0905. The highest BCUT2D eigenvalue weighted by Gasteiger charge is 2.22. The Morgan fingerprint density at radius 2 is 2.19 bits per heavy atom. The van der Waals surface area contributed by atoms with E-state index in [-0.39, 0.29) is 5.03 Å². The topological polar surface area (TPSA) is 104 Å². The molecule has 1 rings (SSSR count). The summed E-state index contributed by atoms with van der Waals surface area (Å²) in [6, 6.07) is -0.835. The van der Waals surface area contributed by atoms with Crippen molar-refractivity contribution in [3.05, 3.63) is 12.0 Å². The van der Waals surface area contributed by atoms with Gasteiger partial charge in [-0.2, -0.15) is 4.72 Å². The highest BCUT2D eigenvalue weighted by atomic mass is 32.2. The van der Waals surface area contributed by atoms with Gasteiger partial charge in [-0.25, -0.2) is 13.4 Å². The number of nitrogens with one attached hydrogen (secondary N) is 3. The van der Waals surface area contributed by atoms with Crippen LogP contribution in [0.4, 0.5) is 0 Å². The Morgan fingerprint density at radius 1 is 1.56 bits per heavy atom. The van der Waals surface area contributed by atoms with Crippen LogP contribution in [-0.4, -0.2) is 37.4 Å². The first kappa shape index (κ1) is 12.7. The van der Waals surface area contributed by atoms with Gasteiger partial charge in [0.05, 0.1) is 12.2 Å². The van der Waals surface area contributed by atoms with Crippen molar-refractivity contribution in [2.75, 3.05) is 7.05 Å². The molecule has 90 valence electrons. The summed E-state index contributed by atoms with van der Waals surface area (Å²) in [4.78, 5) is 17.5. The van der Waals surface area contributed by atoms with Gasteiger partial charge in [-0.3, -0.25) is 4.79 Å². The number of carbonyl (C=O) groups excluding carboxylic acids is 1. The van der Waals surface area contributed by atoms with Gasteiger partial charge in [0.25, 0.3) is 10.0 Å². The highest BCUT2D eigenvalue weighted by molar-refractivity contribution is 7.89. The van der Waals surface area contributed by atoms with E-state index < -0.39 is 22.0 Å². The molecule has 0 aliphatic rings. The average molecular weight is 246 g/mol. The third-order valence-electron chi connectivity index (χ3n) is 1.94. The van der Waals surface area contributed by atoms with E-state index in [0.29, 0.717) is 5.82 Å². The fraction of sp³-hybridized carbons (Fsp3) is 0.500. The molecule has 0 aliphatic heterocycles. The highest BCUT2D eigenvalue weighted by Crippen LogP contribution is 2.05. The van der Waals surface area contributed by atoms with Crippen molar-refractivity contribution >= 4 is 15.9 Å². The SMILES string of the molecule is CNC(=O)C(C)NS(=O)(=O)c1cnc(C)[nH]1. The molecule has 0 aromatic carbocycles. The summed E-state index contributed by atoms with van der Waals surface area (Å²) in [6.07, 6.45) is 1.20. The van der Waals surface area contributed by atoms with Crippen LogP contribution in [0.15, 0.2) is 11.2 Å². The Bertz CT molecular complexity index is 479. The van der Waals surface area contributed by atoms with Crippen LogP contribution in [0.5, 0.6) is 0 Å². The lowest BCUT2D eigenvalue weighted by Gasteiger charge is -2.11. The minimum Gasteiger partial charge on any atom is -0.358 e. The van der Waals surface area contributed by atoms with Crippen molar-refractivity contribution in [1.82, 2.24) is 20.0 Å². The van der Waals surface area contributed by atoms with E-state index in [1.807, 2.05) is 0 Å². The normalized spacial score (nSPS) is 13.4. The number of aryl methyl sites for hydroxylation is 1. The van der Waals surface area contributed by atoms with Gasteiger partial charge in [0.1, 0.15) is 5.82 Å². The molecule has 1 atom stereocenters. The van der Waals surface area contributed by atoms with E-state index in [1.165, 1.54) is 20.2 Å². The second-order valence-electron chi connectivity index (χ2n) is 3.29. The Hall–Kier alpha value is -1.41. The first-order valence-corrected chi connectivity index (χ1v) is 6.10. The summed E-state index contributed by atoms with van der Waals surface area (Å²) < 4.78 is 25.7. The molecule has 8 heteroatoms. The molecule has 1 unspecified atom stereocenters. The molecule has 0 spiro atoms. The van der Waals surface area contributed by atoms with Crippen LogP contribution in [-0.2, 0) is 14.8 Å². The molecule has 3 N–H and O–H groups in total. The molecule has 1 heterocycles. The van der Waals surface area contributed by atoms with Gasteiger partial charge in [-0.15, -0.1) is 0 Å². The van der Waals surface area contributed by atoms with Gasteiger partial charge in [0.2, 0.25) is 5.91 Å². The van der Waals surface area contributed by atoms with E-state index in [0.717, 1.165) is 0 Å². The lowest BCUT2D eigenvalue weighted by atomic mass is 10.3. The quantitative estimate of drug-likeness (QED) is 0.642. The van der Waals surface area contributed by atoms with Gasteiger partial charge >= 0.3 is 0 Å². The van der Waals surface area contributed by atoms with E-state index in [2.05, 4.69) is 20.0 Å². The number of rotatable bonds is 4. The predicted octanol–water partition coefficient (Wildman–Crippen LogP) is -0.869. The molecule has 1 aromatic heterocycles. The fourth-order valence-electron chi connectivity index (χ4n) is 1.10. The van der Waals surface area contributed by atoms with Crippen LogP contribution in [0, 0.1) is 6.92 Å². The van der Waals surface area contributed by atoms with Crippen LogP contribution in [0.2, 0.25) is 0 Å². The van der Waals surface area contributed by atoms with Crippen molar-refractivity contribution in [2.45, 2.75) is 24.9 Å². The Kier molecular flexibility index (Phi) is 3.66. The van der Waals surface area contributed by atoms with Gasteiger partial charge in [0, 0.05) is 7.05 Å². The number of aromatic amines is 1. The van der Waals surface area contributed by atoms with E-state index in [1.54, 1.807) is 6.92 Å². The molecule has 1 amide bonds. The number of sulfonamides is 1. The van der Waals surface area contributed by atoms with Crippen LogP contribution in [0.1, 0.15) is 12.7 Å². The maximum Gasteiger partial charge on any atom is 0.258 e. The summed E-state index contributed by atoms with van der Waals surface area (Å²) in [7, 11) is -2.28. The predicted molar refractivity (Wildman–Crippen MR) is 57.2 cm³/mol. The molecule has 0 bridgehead atoms. The number of carbonyl (C=O) groups is 1. The molecule has 0 fully saturated rings. The lowest BCUT2D eigenvalue weighted by molar-refractivity contribution is -0.121. The van der Waals surface area contributed by atoms with Crippen LogP contribution in [0.25, 0.3) is 0 Å². The number of amides is 1. The minimum absolute atomic E-state index is 0.0549. The van der Waals surface area contributed by atoms with Crippen molar-refractivity contribution in [3.63, 3.8) is 0 Å². The van der Waals surface area contributed by atoms with Crippen molar-refractivity contribution < 1.29 is 13.2 Å². The van der Waals surface area contributed by atoms with Crippen molar-refractivity contribution in [2.24, 2.45) is 0 Å². The first-order chi connectivity index (χ1) is 7.36. The molecule has 0 aliphatic carbocycles. The maximum absolute atomic E-state index is 11.7. The lowest BCUT2D eigenvalue weighted by Crippen LogP contribution is -2.43. The van der Waals surface area contributed by atoms with Gasteiger partial charge < -0.3 is 10.3 Å². The second-order valence-corrected chi connectivity index (χ2v) is 4.97. The summed E-state index contributed by atoms with van der Waals surface area (Å²) in [5, 5.41) is 2.30. The number of likely N-dealkylation sites (N-methyl/N-ethyl adjacent to an activating group) is 1. The van der Waals surface area contributed by atoms with Crippen molar-refractivity contribution in [1.29, 1.82) is 0 Å². The monoisotopic (exact) mass is 246 g/mol. The van der Waals surface area contributed by atoms with E-state index in [9.17, 15) is 13.2 Å². The minimum atomic E-state index is -3.72. The van der Waals surface area contributed by atoms with Gasteiger partial charge in [-0.1, -0.05) is 0 Å². The molecular weight excluding hydrogens is 232 g/mol. The standard InChI is InChI=1S/C8H14N4O3S/c1-5(8(13)9-3)12-16(14,15)7-4-10-6(2)11-7/h4-5,12H,1-3H3,(H,9,13)(H,10,11). The fourth-order valence-corrected chi connectivity index (χ4v) is 2.27. The molecule has 0 saturated heterocycles. The van der Waals surface area contributed by atoms with E-state index >= 15 is 0 Å². The average Bonchev–Trinajstić information content (AvgIpc) is 2.63. The number of hydrogen-bond acceptors (Lipinski definition) is 4. The molecular formula is C8H14N4O3S.